The standard InChI is InChI=1S/C15H13F6NO4/c16-14(17,18)13(15(19,20)21)22-10(12(24)26-13)6-7-11(23)25-8-9-4-2-1-3-5-9/h1-5,10,22H,6-8H2. The molecule has 0 saturated carbocycles. The minimum atomic E-state index is -5.91. The van der Waals surface area contributed by atoms with Gasteiger partial charge in [0.15, 0.2) is 0 Å². The molecule has 1 unspecified atom stereocenters. The molecule has 0 aromatic heterocycles. The first-order valence-corrected chi connectivity index (χ1v) is 7.30. The Kier molecular flexibility index (Phi) is 5.49. The van der Waals surface area contributed by atoms with Gasteiger partial charge >= 0.3 is 30.0 Å². The maximum atomic E-state index is 12.8. The van der Waals surface area contributed by atoms with Crippen LogP contribution in [0.25, 0.3) is 0 Å². The first-order chi connectivity index (χ1) is 12.0. The molecular formula is C15H13F6NO4. The van der Waals surface area contributed by atoms with Gasteiger partial charge in [0.2, 0.25) is 0 Å². The average molecular weight is 385 g/mol. The molecule has 0 bridgehead atoms. The molecule has 0 aliphatic carbocycles. The van der Waals surface area contributed by atoms with E-state index in [4.69, 9.17) is 4.74 Å². The van der Waals surface area contributed by atoms with Crippen LogP contribution in [0.15, 0.2) is 30.3 Å². The van der Waals surface area contributed by atoms with Crippen LogP contribution in [0, 0.1) is 0 Å². The van der Waals surface area contributed by atoms with Crippen LogP contribution < -0.4 is 5.32 Å². The summed E-state index contributed by atoms with van der Waals surface area (Å²) in [5, 5.41) is 1.13. The molecule has 11 heteroatoms. The van der Waals surface area contributed by atoms with Crippen LogP contribution in [0.5, 0.6) is 0 Å². The second kappa shape index (κ2) is 7.14. The summed E-state index contributed by atoms with van der Waals surface area (Å²) in [5.41, 5.74) is -4.14. The molecule has 1 aliphatic heterocycles. The van der Waals surface area contributed by atoms with E-state index < -0.39 is 48.9 Å². The Hall–Kier alpha value is -2.30. The lowest BCUT2D eigenvalue weighted by molar-refractivity contribution is -0.369. The molecule has 0 amide bonds. The predicted octanol–water partition coefficient (Wildman–Crippen LogP) is 2.85. The van der Waals surface area contributed by atoms with Gasteiger partial charge in [0, 0.05) is 6.42 Å². The van der Waals surface area contributed by atoms with E-state index in [-0.39, 0.29) is 6.61 Å². The van der Waals surface area contributed by atoms with Crippen LogP contribution in [0.4, 0.5) is 26.3 Å². The average Bonchev–Trinajstić information content (AvgIpc) is 2.90. The maximum absolute atomic E-state index is 12.8. The van der Waals surface area contributed by atoms with Gasteiger partial charge in [0.1, 0.15) is 12.6 Å². The third kappa shape index (κ3) is 4.09. The summed E-state index contributed by atoms with van der Waals surface area (Å²) in [4.78, 5) is 23.0. The van der Waals surface area contributed by atoms with Crippen molar-refractivity contribution in [2.24, 2.45) is 0 Å². The quantitative estimate of drug-likeness (QED) is 0.624. The number of hydrogen-bond acceptors (Lipinski definition) is 5. The van der Waals surface area contributed by atoms with Gasteiger partial charge in [-0.25, -0.2) is 0 Å². The van der Waals surface area contributed by atoms with Gasteiger partial charge in [-0.2, -0.15) is 26.3 Å². The van der Waals surface area contributed by atoms with Crippen LogP contribution in [-0.4, -0.2) is 36.1 Å². The van der Waals surface area contributed by atoms with E-state index in [1.807, 2.05) is 0 Å². The monoisotopic (exact) mass is 385 g/mol. The molecule has 1 heterocycles. The highest BCUT2D eigenvalue weighted by atomic mass is 19.4. The summed E-state index contributed by atoms with van der Waals surface area (Å²) < 4.78 is 85.3. The predicted molar refractivity (Wildman–Crippen MR) is 73.3 cm³/mol. The molecule has 0 radical (unpaired) electrons. The Morgan fingerprint density at radius 3 is 2.19 bits per heavy atom. The fourth-order valence-corrected chi connectivity index (χ4v) is 2.26. The van der Waals surface area contributed by atoms with Crippen molar-refractivity contribution < 1.29 is 45.4 Å². The summed E-state index contributed by atoms with van der Waals surface area (Å²) in [6.07, 6.45) is -13.0. The van der Waals surface area contributed by atoms with Crippen LogP contribution in [-0.2, 0) is 25.7 Å². The normalized spacial score (nSPS) is 19.9. The minimum Gasteiger partial charge on any atom is -0.461 e. The highest BCUT2D eigenvalue weighted by Gasteiger charge is 2.78. The number of rotatable bonds is 5. The number of carbonyl (C=O) groups excluding carboxylic acids is 2. The molecule has 26 heavy (non-hydrogen) atoms. The number of nitrogens with one attached hydrogen (secondary N) is 1. The number of carbonyl (C=O) groups is 2. The number of halogens is 6. The Morgan fingerprint density at radius 1 is 1.12 bits per heavy atom. The minimum absolute atomic E-state index is 0.114. The molecule has 1 fully saturated rings. The van der Waals surface area contributed by atoms with Gasteiger partial charge in [-0.05, 0) is 12.0 Å². The third-order valence-corrected chi connectivity index (χ3v) is 3.59. The molecule has 1 aromatic carbocycles. The van der Waals surface area contributed by atoms with E-state index in [1.54, 1.807) is 30.3 Å². The second-order valence-corrected chi connectivity index (χ2v) is 5.48. The summed E-state index contributed by atoms with van der Waals surface area (Å²) in [5.74, 6) is -2.62. The molecule has 1 atom stereocenters. The fourth-order valence-electron chi connectivity index (χ4n) is 2.26. The largest absolute Gasteiger partial charge is 0.461 e. The number of cyclic esters (lactones) is 1. The molecule has 1 saturated heterocycles. The van der Waals surface area contributed by atoms with Gasteiger partial charge in [-0.15, -0.1) is 0 Å². The highest BCUT2D eigenvalue weighted by Crippen LogP contribution is 2.47. The van der Waals surface area contributed by atoms with Crippen molar-refractivity contribution in [3.05, 3.63) is 35.9 Å². The van der Waals surface area contributed by atoms with Crippen LogP contribution in [0.2, 0.25) is 0 Å². The van der Waals surface area contributed by atoms with E-state index in [2.05, 4.69) is 4.74 Å². The SMILES string of the molecule is O=C(CCC1NC(C(F)(F)F)(C(F)(F)F)OC1=O)OCc1ccccc1. The van der Waals surface area contributed by atoms with E-state index in [0.717, 1.165) is 5.32 Å². The summed E-state index contributed by atoms with van der Waals surface area (Å²) in [7, 11) is 0. The molecule has 1 N–H and O–H groups in total. The molecule has 1 aliphatic rings. The number of ether oxygens (including phenoxy) is 2. The maximum Gasteiger partial charge on any atom is 0.452 e. The van der Waals surface area contributed by atoms with Gasteiger partial charge in [-0.3, -0.25) is 14.9 Å². The Morgan fingerprint density at radius 2 is 1.69 bits per heavy atom. The third-order valence-electron chi connectivity index (χ3n) is 3.59. The van der Waals surface area contributed by atoms with Crippen LogP contribution in [0.3, 0.4) is 0 Å². The molecule has 5 nitrogen and oxygen atoms in total. The van der Waals surface area contributed by atoms with E-state index in [9.17, 15) is 35.9 Å². The lowest BCUT2D eigenvalue weighted by atomic mass is 10.1. The first-order valence-electron chi connectivity index (χ1n) is 7.30. The van der Waals surface area contributed by atoms with Crippen LogP contribution >= 0.6 is 0 Å². The van der Waals surface area contributed by atoms with Crippen molar-refractivity contribution in [1.29, 1.82) is 0 Å². The zero-order valence-corrected chi connectivity index (χ0v) is 13.0. The number of hydrogen-bond donors (Lipinski definition) is 1. The van der Waals surface area contributed by atoms with Crippen LogP contribution in [0.1, 0.15) is 18.4 Å². The molecule has 0 spiro atoms. The van der Waals surface area contributed by atoms with E-state index in [1.165, 1.54) is 0 Å². The van der Waals surface area contributed by atoms with Crippen molar-refractivity contribution in [3.63, 3.8) is 0 Å². The molecule has 144 valence electrons. The lowest BCUT2D eigenvalue weighted by Gasteiger charge is -2.31. The van der Waals surface area contributed by atoms with Gasteiger partial charge in [-0.1, -0.05) is 30.3 Å². The lowest BCUT2D eigenvalue weighted by Crippen LogP contribution is -2.65. The van der Waals surface area contributed by atoms with Gasteiger partial charge in [0.25, 0.3) is 0 Å². The topological polar surface area (TPSA) is 64.6 Å². The Balaban J connectivity index is 1.94. The van der Waals surface area contributed by atoms with Gasteiger partial charge < -0.3 is 9.47 Å². The second-order valence-electron chi connectivity index (χ2n) is 5.48. The molecule has 1 aromatic rings. The van der Waals surface area contributed by atoms with Crippen molar-refractivity contribution in [1.82, 2.24) is 5.32 Å². The summed E-state index contributed by atoms with van der Waals surface area (Å²) in [6.45, 7) is -0.114. The number of esters is 2. The fraction of sp³-hybridized carbons (Fsp3) is 0.467. The van der Waals surface area contributed by atoms with Crippen molar-refractivity contribution >= 4 is 11.9 Å². The smallest absolute Gasteiger partial charge is 0.452 e. The van der Waals surface area contributed by atoms with Crippen molar-refractivity contribution in [2.75, 3.05) is 0 Å². The van der Waals surface area contributed by atoms with E-state index in [0.29, 0.717) is 5.56 Å². The molecular weight excluding hydrogens is 372 g/mol. The number of alkyl halides is 6. The first kappa shape index (κ1) is 20.0. The Bertz CT molecular complexity index is 644. The van der Waals surface area contributed by atoms with Crippen molar-refractivity contribution in [2.45, 2.75) is 43.6 Å². The highest BCUT2D eigenvalue weighted by molar-refractivity contribution is 5.80. The van der Waals surface area contributed by atoms with E-state index >= 15 is 0 Å². The zero-order valence-electron chi connectivity index (χ0n) is 13.0. The molecule has 2 rings (SSSR count). The summed E-state index contributed by atoms with van der Waals surface area (Å²) in [6, 6.07) is 6.48. The summed E-state index contributed by atoms with van der Waals surface area (Å²) >= 11 is 0. The number of benzene rings is 1. The van der Waals surface area contributed by atoms with Gasteiger partial charge in [0.05, 0.1) is 0 Å². The zero-order chi connectivity index (χ0) is 19.6. The Labute approximate surface area is 143 Å². The van der Waals surface area contributed by atoms with Crippen molar-refractivity contribution in [3.8, 4) is 0 Å².